The normalized spacial score (nSPS) is 10.6. The molecule has 0 spiro atoms. The highest BCUT2D eigenvalue weighted by atomic mass is 16.4. The average molecular weight is 302 g/mol. The molecule has 21 heavy (non-hydrogen) atoms. The zero-order valence-electron chi connectivity index (χ0n) is 13.2. The van der Waals surface area contributed by atoms with Gasteiger partial charge in [-0.15, -0.1) is 0 Å². The number of likely N-dealkylation sites (N-methyl/N-ethyl adjacent to an activating group) is 1. The topological polar surface area (TPSA) is 102 Å². The number of nitrogens with one attached hydrogen (secondary N) is 2. The van der Waals surface area contributed by atoms with E-state index in [1.54, 1.807) is 4.90 Å². The predicted molar refractivity (Wildman–Crippen MR) is 79.0 cm³/mol. The van der Waals surface area contributed by atoms with E-state index in [0.717, 1.165) is 6.54 Å². The Morgan fingerprint density at radius 1 is 1.05 bits per heavy atom. The van der Waals surface area contributed by atoms with Gasteiger partial charge in [-0.05, 0) is 20.0 Å². The van der Waals surface area contributed by atoms with Crippen molar-refractivity contribution in [3.63, 3.8) is 0 Å². The van der Waals surface area contributed by atoms with Gasteiger partial charge in [-0.25, -0.2) is 4.79 Å². The standard InChI is InChI=1S/C13H26N4O4/c1-10(2)9-17(6-5-16(3)4)13(21)15-7-11(18)14-8-12(19)20/h10H,5-9H2,1-4H3,(H,14,18)(H,15,21)(H,19,20). The lowest BCUT2D eigenvalue weighted by Crippen LogP contribution is -2.47. The van der Waals surface area contributed by atoms with Crippen molar-refractivity contribution in [3.05, 3.63) is 0 Å². The van der Waals surface area contributed by atoms with Crippen LogP contribution in [0.5, 0.6) is 0 Å². The van der Waals surface area contributed by atoms with Gasteiger partial charge in [-0.2, -0.15) is 0 Å². The number of carboxylic acids is 1. The van der Waals surface area contributed by atoms with Crippen LogP contribution in [0.4, 0.5) is 4.79 Å². The molecule has 0 heterocycles. The number of rotatable bonds is 9. The zero-order valence-corrected chi connectivity index (χ0v) is 13.2. The van der Waals surface area contributed by atoms with Crippen molar-refractivity contribution < 1.29 is 19.5 Å². The highest BCUT2D eigenvalue weighted by molar-refractivity contribution is 5.86. The summed E-state index contributed by atoms with van der Waals surface area (Å²) in [5.41, 5.74) is 0. The molecule has 0 rings (SSSR count). The molecule has 3 amide bonds. The van der Waals surface area contributed by atoms with Crippen LogP contribution in [0, 0.1) is 5.92 Å². The molecule has 3 N–H and O–H groups in total. The highest BCUT2D eigenvalue weighted by Gasteiger charge is 2.15. The molecule has 0 aromatic rings. The first kappa shape index (κ1) is 19.2. The summed E-state index contributed by atoms with van der Waals surface area (Å²) in [5, 5.41) is 13.1. The molecule has 0 bridgehead atoms. The smallest absolute Gasteiger partial charge is 0.322 e. The van der Waals surface area contributed by atoms with E-state index in [1.165, 1.54) is 0 Å². The number of hydrogen-bond donors (Lipinski definition) is 3. The Morgan fingerprint density at radius 2 is 1.67 bits per heavy atom. The summed E-state index contributed by atoms with van der Waals surface area (Å²) in [6, 6.07) is -0.323. The fourth-order valence-electron chi connectivity index (χ4n) is 1.54. The Balaban J connectivity index is 4.26. The van der Waals surface area contributed by atoms with E-state index < -0.39 is 18.4 Å². The first-order valence-electron chi connectivity index (χ1n) is 6.88. The van der Waals surface area contributed by atoms with Gasteiger partial charge in [0.25, 0.3) is 0 Å². The Labute approximate surface area is 125 Å². The minimum absolute atomic E-state index is 0.233. The first-order valence-corrected chi connectivity index (χ1v) is 6.88. The van der Waals surface area contributed by atoms with Gasteiger partial charge in [0.2, 0.25) is 5.91 Å². The predicted octanol–water partition coefficient (Wildman–Crippen LogP) is -0.584. The monoisotopic (exact) mass is 302 g/mol. The Bertz CT molecular complexity index is 358. The summed E-state index contributed by atoms with van der Waals surface area (Å²) >= 11 is 0. The molecule has 8 nitrogen and oxygen atoms in total. The van der Waals surface area contributed by atoms with E-state index in [0.29, 0.717) is 19.0 Å². The van der Waals surface area contributed by atoms with Gasteiger partial charge >= 0.3 is 12.0 Å². The van der Waals surface area contributed by atoms with Crippen molar-refractivity contribution in [2.45, 2.75) is 13.8 Å². The SMILES string of the molecule is CC(C)CN(CCN(C)C)C(=O)NCC(=O)NCC(=O)O. The number of carbonyl (C=O) groups excluding carboxylic acids is 2. The third-order valence-corrected chi connectivity index (χ3v) is 2.53. The van der Waals surface area contributed by atoms with Crippen LogP contribution in [0.3, 0.4) is 0 Å². The second kappa shape index (κ2) is 9.98. The van der Waals surface area contributed by atoms with Crippen molar-refractivity contribution in [2.75, 3.05) is 46.8 Å². The van der Waals surface area contributed by atoms with Crippen molar-refractivity contribution in [3.8, 4) is 0 Å². The fourth-order valence-corrected chi connectivity index (χ4v) is 1.54. The zero-order chi connectivity index (χ0) is 16.4. The minimum Gasteiger partial charge on any atom is -0.480 e. The number of hydrogen-bond acceptors (Lipinski definition) is 4. The van der Waals surface area contributed by atoms with Gasteiger partial charge < -0.3 is 25.5 Å². The average Bonchev–Trinajstić information content (AvgIpc) is 2.37. The van der Waals surface area contributed by atoms with Gasteiger partial charge in [0.05, 0.1) is 6.54 Å². The van der Waals surface area contributed by atoms with Crippen molar-refractivity contribution >= 4 is 17.9 Å². The molecule has 0 aliphatic heterocycles. The van der Waals surface area contributed by atoms with Gasteiger partial charge in [0, 0.05) is 19.6 Å². The molecular formula is C13H26N4O4. The van der Waals surface area contributed by atoms with E-state index in [4.69, 9.17) is 5.11 Å². The van der Waals surface area contributed by atoms with Crippen LogP contribution in [-0.4, -0.2) is 79.6 Å². The number of carboxylic acid groups (broad SMARTS) is 1. The molecule has 0 fully saturated rings. The van der Waals surface area contributed by atoms with E-state index in [1.807, 2.05) is 32.8 Å². The Morgan fingerprint density at radius 3 is 2.14 bits per heavy atom. The molecule has 122 valence electrons. The van der Waals surface area contributed by atoms with Crippen LogP contribution >= 0.6 is 0 Å². The lowest BCUT2D eigenvalue weighted by atomic mass is 10.2. The summed E-state index contributed by atoms with van der Waals surface area (Å²) in [6.07, 6.45) is 0. The molecule has 0 aliphatic carbocycles. The molecule has 0 saturated heterocycles. The molecule has 0 aliphatic rings. The summed E-state index contributed by atoms with van der Waals surface area (Å²) in [5.74, 6) is -1.33. The third-order valence-electron chi connectivity index (χ3n) is 2.53. The summed E-state index contributed by atoms with van der Waals surface area (Å²) in [4.78, 5) is 37.3. The van der Waals surface area contributed by atoms with Crippen LogP contribution in [0.15, 0.2) is 0 Å². The van der Waals surface area contributed by atoms with Gasteiger partial charge in [-0.1, -0.05) is 13.8 Å². The quantitative estimate of drug-likeness (QED) is 0.529. The van der Waals surface area contributed by atoms with Crippen LogP contribution in [-0.2, 0) is 9.59 Å². The molecule has 0 unspecified atom stereocenters. The summed E-state index contributed by atoms with van der Waals surface area (Å²) in [6.45, 7) is 5.22. The maximum absolute atomic E-state index is 12.0. The van der Waals surface area contributed by atoms with Crippen LogP contribution in [0.1, 0.15) is 13.8 Å². The van der Waals surface area contributed by atoms with E-state index in [2.05, 4.69) is 10.6 Å². The van der Waals surface area contributed by atoms with Crippen molar-refractivity contribution in [2.24, 2.45) is 5.92 Å². The van der Waals surface area contributed by atoms with E-state index >= 15 is 0 Å². The summed E-state index contributed by atoms with van der Waals surface area (Å²) < 4.78 is 0. The molecular weight excluding hydrogens is 276 g/mol. The number of amides is 3. The molecule has 0 atom stereocenters. The highest BCUT2D eigenvalue weighted by Crippen LogP contribution is 1.99. The Hall–Kier alpha value is -1.83. The Kier molecular flexibility index (Phi) is 9.11. The van der Waals surface area contributed by atoms with Crippen molar-refractivity contribution in [1.29, 1.82) is 0 Å². The van der Waals surface area contributed by atoms with Crippen LogP contribution < -0.4 is 10.6 Å². The molecule has 0 radical (unpaired) electrons. The van der Waals surface area contributed by atoms with Crippen LogP contribution in [0.2, 0.25) is 0 Å². The molecule has 8 heteroatoms. The first-order chi connectivity index (χ1) is 9.72. The number of nitrogens with zero attached hydrogens (tertiary/aromatic N) is 2. The van der Waals surface area contributed by atoms with E-state index in [9.17, 15) is 14.4 Å². The third kappa shape index (κ3) is 10.6. The maximum Gasteiger partial charge on any atom is 0.322 e. The second-order valence-electron chi connectivity index (χ2n) is 5.47. The maximum atomic E-state index is 12.0. The second-order valence-corrected chi connectivity index (χ2v) is 5.47. The van der Waals surface area contributed by atoms with Gasteiger partial charge in [0.15, 0.2) is 0 Å². The molecule has 0 saturated carbocycles. The molecule has 0 aromatic carbocycles. The van der Waals surface area contributed by atoms with E-state index in [-0.39, 0.29) is 12.6 Å². The largest absolute Gasteiger partial charge is 0.480 e. The van der Waals surface area contributed by atoms with Gasteiger partial charge in [-0.3, -0.25) is 9.59 Å². The lowest BCUT2D eigenvalue weighted by Gasteiger charge is -2.26. The van der Waals surface area contributed by atoms with Gasteiger partial charge in [0.1, 0.15) is 6.54 Å². The summed E-state index contributed by atoms with van der Waals surface area (Å²) in [7, 11) is 3.84. The number of carbonyl (C=O) groups is 3. The molecule has 0 aromatic heterocycles. The number of urea groups is 1. The fraction of sp³-hybridized carbons (Fsp3) is 0.769. The van der Waals surface area contributed by atoms with Crippen molar-refractivity contribution in [1.82, 2.24) is 20.4 Å². The minimum atomic E-state index is -1.12. The van der Waals surface area contributed by atoms with Crippen LogP contribution in [0.25, 0.3) is 0 Å². The lowest BCUT2D eigenvalue weighted by molar-refractivity contribution is -0.137. The number of aliphatic carboxylic acids is 1.